The second-order valence-corrected chi connectivity index (χ2v) is 11.4. The van der Waals surface area contributed by atoms with E-state index in [1.54, 1.807) is 0 Å². The maximum atomic E-state index is 3.89. The van der Waals surface area contributed by atoms with E-state index in [-0.39, 0.29) is 0 Å². The molecular weight excluding hydrogens is 446 g/mol. The largest absolute Gasteiger partial charge is 0.355 e. The first-order valence-electron chi connectivity index (χ1n) is 16.2. The monoisotopic (exact) mass is 505 g/mol. The van der Waals surface area contributed by atoms with Crippen LogP contribution in [0.4, 0.5) is 11.4 Å². The van der Waals surface area contributed by atoms with E-state index in [9.17, 15) is 0 Å². The van der Waals surface area contributed by atoms with Gasteiger partial charge in [-0.25, -0.2) is 0 Å². The van der Waals surface area contributed by atoms with Crippen molar-refractivity contribution in [2.75, 3.05) is 5.32 Å². The molecule has 0 fully saturated rings. The second kappa shape index (κ2) is 20.2. The van der Waals surface area contributed by atoms with Gasteiger partial charge in [0.25, 0.3) is 0 Å². The molecular formula is C36H59N. The average Bonchev–Trinajstić information content (AvgIpc) is 2.92. The number of hydrogen-bond acceptors (Lipinski definition) is 1. The molecule has 2 aromatic carbocycles. The molecule has 0 aromatic heterocycles. The Morgan fingerprint density at radius 1 is 0.405 bits per heavy atom. The van der Waals surface area contributed by atoms with Crippen LogP contribution in [0.1, 0.15) is 153 Å². The predicted octanol–water partition coefficient (Wildman–Crippen LogP) is 11.9. The van der Waals surface area contributed by atoms with Gasteiger partial charge in [-0.1, -0.05) is 129 Å². The summed E-state index contributed by atoms with van der Waals surface area (Å²) in [5.74, 6) is 0. The Morgan fingerprint density at radius 3 is 1.19 bits per heavy atom. The highest BCUT2D eigenvalue weighted by atomic mass is 14.9. The van der Waals surface area contributed by atoms with Crippen LogP contribution in [-0.4, -0.2) is 0 Å². The molecule has 0 aliphatic heterocycles. The first-order valence-corrected chi connectivity index (χ1v) is 16.2. The van der Waals surface area contributed by atoms with E-state index >= 15 is 0 Å². The van der Waals surface area contributed by atoms with E-state index in [4.69, 9.17) is 0 Å². The second-order valence-electron chi connectivity index (χ2n) is 11.4. The highest BCUT2D eigenvalue weighted by molar-refractivity contribution is 5.67. The van der Waals surface area contributed by atoms with E-state index < -0.39 is 0 Å². The highest BCUT2D eigenvalue weighted by Gasteiger charge is 2.09. The van der Waals surface area contributed by atoms with Crippen LogP contribution in [0, 0.1) is 0 Å². The van der Waals surface area contributed by atoms with Crippen LogP contribution < -0.4 is 5.32 Å². The molecule has 1 nitrogen and oxygen atoms in total. The van der Waals surface area contributed by atoms with E-state index in [2.05, 4.69) is 69.4 Å². The van der Waals surface area contributed by atoms with E-state index in [0.29, 0.717) is 0 Å². The van der Waals surface area contributed by atoms with Gasteiger partial charge in [0.15, 0.2) is 0 Å². The van der Waals surface area contributed by atoms with Gasteiger partial charge >= 0.3 is 0 Å². The third kappa shape index (κ3) is 13.0. The Kier molecular flexibility index (Phi) is 17.2. The summed E-state index contributed by atoms with van der Waals surface area (Å²) in [5.41, 5.74) is 8.69. The molecule has 2 rings (SSSR count). The SMILES string of the molecule is CCCCCCCCc1ccc(Nc2ccc(CCCCCCCC)cc2CCCC)c(CCCC)c1. The first-order chi connectivity index (χ1) is 18.2. The van der Waals surface area contributed by atoms with Crippen LogP contribution in [0.5, 0.6) is 0 Å². The summed E-state index contributed by atoms with van der Waals surface area (Å²) in [6.07, 6.45) is 26.2. The van der Waals surface area contributed by atoms with E-state index in [0.717, 1.165) is 0 Å². The molecule has 0 radical (unpaired) electrons. The van der Waals surface area contributed by atoms with Crippen LogP contribution in [0.25, 0.3) is 0 Å². The summed E-state index contributed by atoms with van der Waals surface area (Å²) in [6, 6.07) is 14.5. The first kappa shape index (κ1) is 31.5. The Hall–Kier alpha value is -1.76. The Bertz CT molecular complexity index is 767. The van der Waals surface area contributed by atoms with Gasteiger partial charge in [0.2, 0.25) is 0 Å². The van der Waals surface area contributed by atoms with Crippen molar-refractivity contribution in [3.05, 3.63) is 58.7 Å². The van der Waals surface area contributed by atoms with Crippen molar-refractivity contribution in [2.45, 2.75) is 156 Å². The lowest BCUT2D eigenvalue weighted by molar-refractivity contribution is 0.607. The number of rotatable bonds is 22. The van der Waals surface area contributed by atoms with Crippen LogP contribution in [0.2, 0.25) is 0 Å². The van der Waals surface area contributed by atoms with Crippen molar-refractivity contribution in [1.29, 1.82) is 0 Å². The van der Waals surface area contributed by atoms with Gasteiger partial charge in [-0.2, -0.15) is 0 Å². The topological polar surface area (TPSA) is 12.0 Å². The van der Waals surface area contributed by atoms with Gasteiger partial charge in [0, 0.05) is 11.4 Å². The summed E-state index contributed by atoms with van der Waals surface area (Å²) in [6.45, 7) is 9.20. The highest BCUT2D eigenvalue weighted by Crippen LogP contribution is 2.29. The maximum absolute atomic E-state index is 3.89. The molecule has 1 heteroatoms. The zero-order valence-corrected chi connectivity index (χ0v) is 25.1. The molecule has 0 heterocycles. The average molecular weight is 506 g/mol. The van der Waals surface area contributed by atoms with Crippen molar-refractivity contribution >= 4 is 11.4 Å². The zero-order chi connectivity index (χ0) is 26.6. The van der Waals surface area contributed by atoms with Crippen LogP contribution >= 0.6 is 0 Å². The van der Waals surface area contributed by atoms with Gasteiger partial charge in [-0.05, 0) is 85.8 Å². The lowest BCUT2D eigenvalue weighted by Crippen LogP contribution is -2.02. The van der Waals surface area contributed by atoms with Crippen LogP contribution in [-0.2, 0) is 25.7 Å². The molecule has 0 saturated carbocycles. The van der Waals surface area contributed by atoms with Crippen LogP contribution in [0.3, 0.4) is 0 Å². The van der Waals surface area contributed by atoms with Gasteiger partial charge in [-0.15, -0.1) is 0 Å². The summed E-state index contributed by atoms with van der Waals surface area (Å²) < 4.78 is 0. The summed E-state index contributed by atoms with van der Waals surface area (Å²) >= 11 is 0. The van der Waals surface area contributed by atoms with E-state index in [1.807, 2.05) is 0 Å². The molecule has 0 saturated heterocycles. The van der Waals surface area contributed by atoms with Gasteiger partial charge in [0.05, 0.1) is 0 Å². The normalized spacial score (nSPS) is 11.2. The Labute approximate surface area is 231 Å². The number of anilines is 2. The molecule has 0 aliphatic rings. The Morgan fingerprint density at radius 2 is 0.784 bits per heavy atom. The third-order valence-corrected chi connectivity index (χ3v) is 7.85. The minimum absolute atomic E-state index is 1.17. The van der Waals surface area contributed by atoms with Gasteiger partial charge < -0.3 is 5.32 Å². The molecule has 0 unspecified atom stereocenters. The predicted molar refractivity (Wildman–Crippen MR) is 168 cm³/mol. The molecule has 208 valence electrons. The smallest absolute Gasteiger partial charge is 0.0417 e. The van der Waals surface area contributed by atoms with Gasteiger partial charge in [-0.3, -0.25) is 0 Å². The Balaban J connectivity index is 2.06. The number of unbranched alkanes of at least 4 members (excludes halogenated alkanes) is 12. The fraction of sp³-hybridized carbons (Fsp3) is 0.667. The molecule has 37 heavy (non-hydrogen) atoms. The van der Waals surface area contributed by atoms with Crippen molar-refractivity contribution < 1.29 is 0 Å². The summed E-state index contributed by atoms with van der Waals surface area (Å²) in [4.78, 5) is 0. The summed E-state index contributed by atoms with van der Waals surface area (Å²) in [7, 11) is 0. The number of benzene rings is 2. The lowest BCUT2D eigenvalue weighted by Gasteiger charge is -2.18. The van der Waals surface area contributed by atoms with Gasteiger partial charge in [0.1, 0.15) is 0 Å². The van der Waals surface area contributed by atoms with E-state index in [1.165, 1.54) is 162 Å². The minimum Gasteiger partial charge on any atom is -0.355 e. The minimum atomic E-state index is 1.17. The fourth-order valence-corrected chi connectivity index (χ4v) is 5.36. The van der Waals surface area contributed by atoms with Crippen molar-refractivity contribution in [1.82, 2.24) is 0 Å². The van der Waals surface area contributed by atoms with Crippen LogP contribution in [0.15, 0.2) is 36.4 Å². The standard InChI is InChI=1S/C36H59N/c1-5-9-13-15-17-19-21-31-25-27-35(33(29-31)23-11-7-3)37-36-28-26-32(30-34(36)24-12-8-4)22-20-18-16-14-10-6-2/h25-30,37H,5-24H2,1-4H3. The fourth-order valence-electron chi connectivity index (χ4n) is 5.36. The lowest BCUT2D eigenvalue weighted by atomic mass is 9.97. The molecule has 0 bridgehead atoms. The molecule has 1 N–H and O–H groups in total. The number of hydrogen-bond donors (Lipinski definition) is 1. The van der Waals surface area contributed by atoms with Crippen molar-refractivity contribution in [3.8, 4) is 0 Å². The summed E-state index contributed by atoms with van der Waals surface area (Å²) in [5, 5.41) is 3.89. The molecule has 0 spiro atoms. The number of nitrogens with one attached hydrogen (secondary N) is 1. The molecule has 0 amide bonds. The van der Waals surface area contributed by atoms with Crippen molar-refractivity contribution in [3.63, 3.8) is 0 Å². The maximum Gasteiger partial charge on any atom is 0.0417 e. The molecule has 2 aromatic rings. The zero-order valence-electron chi connectivity index (χ0n) is 25.1. The number of aryl methyl sites for hydroxylation is 4. The quantitative estimate of drug-likeness (QED) is 0.157. The molecule has 0 atom stereocenters. The molecule has 0 aliphatic carbocycles. The van der Waals surface area contributed by atoms with Crippen molar-refractivity contribution in [2.24, 2.45) is 0 Å². The third-order valence-electron chi connectivity index (χ3n) is 7.85.